The van der Waals surface area contributed by atoms with Gasteiger partial charge in [-0.15, -0.1) is 0 Å². The molecule has 96 valence electrons. The SMILES string of the molecule is CO[C@H]1[C@H](OC(C)C)OC(C)[C@@H](O)[C@H]1OC. The second-order valence-electron chi connectivity index (χ2n) is 4.29. The molecule has 0 aromatic carbocycles. The predicted molar refractivity (Wildman–Crippen MR) is 58.2 cm³/mol. The van der Waals surface area contributed by atoms with Crippen LogP contribution in [-0.4, -0.2) is 56.1 Å². The lowest BCUT2D eigenvalue weighted by Gasteiger charge is -2.42. The maximum atomic E-state index is 9.91. The Morgan fingerprint density at radius 1 is 1.12 bits per heavy atom. The minimum absolute atomic E-state index is 0.0302. The van der Waals surface area contributed by atoms with E-state index in [1.807, 2.05) is 13.8 Å². The van der Waals surface area contributed by atoms with Crippen LogP contribution in [0.5, 0.6) is 0 Å². The van der Waals surface area contributed by atoms with Gasteiger partial charge in [0.1, 0.15) is 18.3 Å². The Hall–Kier alpha value is -0.200. The van der Waals surface area contributed by atoms with Crippen molar-refractivity contribution in [2.24, 2.45) is 0 Å². The van der Waals surface area contributed by atoms with Crippen LogP contribution in [0, 0.1) is 0 Å². The lowest BCUT2D eigenvalue weighted by molar-refractivity contribution is -0.309. The molecular formula is C11H22O5. The average Bonchev–Trinajstić information content (AvgIpc) is 2.21. The van der Waals surface area contributed by atoms with E-state index >= 15 is 0 Å². The maximum absolute atomic E-state index is 9.91. The van der Waals surface area contributed by atoms with Crippen LogP contribution in [0.25, 0.3) is 0 Å². The third kappa shape index (κ3) is 2.93. The van der Waals surface area contributed by atoms with Gasteiger partial charge in [-0.3, -0.25) is 0 Å². The van der Waals surface area contributed by atoms with Crippen LogP contribution in [0.2, 0.25) is 0 Å². The highest BCUT2D eigenvalue weighted by atomic mass is 16.7. The zero-order valence-electron chi connectivity index (χ0n) is 10.5. The summed E-state index contributed by atoms with van der Waals surface area (Å²) in [5.41, 5.74) is 0. The van der Waals surface area contributed by atoms with E-state index < -0.39 is 24.6 Å². The molecule has 0 spiro atoms. The molecule has 5 nitrogen and oxygen atoms in total. The van der Waals surface area contributed by atoms with Crippen molar-refractivity contribution in [1.29, 1.82) is 0 Å². The van der Waals surface area contributed by atoms with Crippen molar-refractivity contribution in [3.05, 3.63) is 0 Å². The van der Waals surface area contributed by atoms with E-state index in [2.05, 4.69) is 0 Å². The number of aliphatic hydroxyl groups is 1. The van der Waals surface area contributed by atoms with E-state index in [1.165, 1.54) is 0 Å². The summed E-state index contributed by atoms with van der Waals surface area (Å²) in [4.78, 5) is 0. The molecule has 1 fully saturated rings. The zero-order chi connectivity index (χ0) is 12.3. The average molecular weight is 234 g/mol. The molecule has 1 saturated heterocycles. The second-order valence-corrected chi connectivity index (χ2v) is 4.29. The van der Waals surface area contributed by atoms with Gasteiger partial charge in [0.15, 0.2) is 6.29 Å². The standard InChI is InChI=1S/C11H22O5/c1-6(2)15-11-10(14-5)9(13-4)8(12)7(3)16-11/h6-12H,1-5H3/t7?,8-,9-,10-,11-/m1/s1. The fourth-order valence-corrected chi connectivity index (χ4v) is 1.88. The second kappa shape index (κ2) is 5.93. The number of methoxy groups -OCH3 is 2. The third-order valence-electron chi connectivity index (χ3n) is 2.71. The van der Waals surface area contributed by atoms with Crippen LogP contribution in [-0.2, 0) is 18.9 Å². The van der Waals surface area contributed by atoms with E-state index in [1.54, 1.807) is 21.1 Å². The molecule has 0 aromatic heterocycles. The van der Waals surface area contributed by atoms with Crippen molar-refractivity contribution in [2.75, 3.05) is 14.2 Å². The molecular weight excluding hydrogens is 212 g/mol. The lowest BCUT2D eigenvalue weighted by atomic mass is 9.99. The number of rotatable bonds is 4. The summed E-state index contributed by atoms with van der Waals surface area (Å²) in [5.74, 6) is 0. The molecule has 0 radical (unpaired) electrons. The van der Waals surface area contributed by atoms with Crippen molar-refractivity contribution in [2.45, 2.75) is 57.6 Å². The summed E-state index contributed by atoms with van der Waals surface area (Å²) in [6.45, 7) is 5.64. The third-order valence-corrected chi connectivity index (χ3v) is 2.71. The van der Waals surface area contributed by atoms with Gasteiger partial charge in [0.05, 0.1) is 12.2 Å². The molecule has 1 unspecified atom stereocenters. The Morgan fingerprint density at radius 2 is 1.69 bits per heavy atom. The van der Waals surface area contributed by atoms with Crippen molar-refractivity contribution >= 4 is 0 Å². The van der Waals surface area contributed by atoms with Gasteiger partial charge in [0.2, 0.25) is 0 Å². The fourth-order valence-electron chi connectivity index (χ4n) is 1.88. The largest absolute Gasteiger partial charge is 0.388 e. The summed E-state index contributed by atoms with van der Waals surface area (Å²) < 4.78 is 21.7. The molecule has 0 aromatic rings. The summed E-state index contributed by atoms with van der Waals surface area (Å²) in [5, 5.41) is 9.91. The Labute approximate surface area is 96.6 Å². The molecule has 1 aliphatic rings. The van der Waals surface area contributed by atoms with Crippen molar-refractivity contribution < 1.29 is 24.1 Å². The first-order valence-electron chi connectivity index (χ1n) is 5.55. The van der Waals surface area contributed by atoms with Gasteiger partial charge in [0, 0.05) is 14.2 Å². The molecule has 0 saturated carbocycles. The molecule has 5 atom stereocenters. The van der Waals surface area contributed by atoms with E-state index in [0.717, 1.165) is 0 Å². The molecule has 0 bridgehead atoms. The smallest absolute Gasteiger partial charge is 0.187 e. The quantitative estimate of drug-likeness (QED) is 0.769. The first kappa shape index (κ1) is 13.9. The first-order valence-corrected chi connectivity index (χ1v) is 5.55. The number of hydrogen-bond donors (Lipinski definition) is 1. The summed E-state index contributed by atoms with van der Waals surface area (Å²) >= 11 is 0. The minimum Gasteiger partial charge on any atom is -0.388 e. The van der Waals surface area contributed by atoms with Crippen LogP contribution in [0.4, 0.5) is 0 Å². The molecule has 1 rings (SSSR count). The molecule has 16 heavy (non-hydrogen) atoms. The zero-order valence-corrected chi connectivity index (χ0v) is 10.5. The number of aliphatic hydroxyl groups excluding tert-OH is 1. The molecule has 0 aliphatic carbocycles. The Kier molecular flexibility index (Phi) is 5.14. The topological polar surface area (TPSA) is 57.2 Å². The predicted octanol–water partition coefficient (Wildman–Crippen LogP) is 0.547. The monoisotopic (exact) mass is 234 g/mol. The summed E-state index contributed by atoms with van der Waals surface area (Å²) in [6.07, 6.45) is -2.37. The fraction of sp³-hybridized carbons (Fsp3) is 1.00. The molecule has 1 aliphatic heterocycles. The Balaban J connectivity index is 2.76. The Morgan fingerprint density at radius 3 is 2.12 bits per heavy atom. The van der Waals surface area contributed by atoms with E-state index in [9.17, 15) is 5.11 Å². The highest BCUT2D eigenvalue weighted by Gasteiger charge is 2.45. The lowest BCUT2D eigenvalue weighted by Crippen LogP contribution is -2.59. The minimum atomic E-state index is -0.707. The molecule has 1 heterocycles. The van der Waals surface area contributed by atoms with Gasteiger partial charge >= 0.3 is 0 Å². The van der Waals surface area contributed by atoms with Gasteiger partial charge in [-0.2, -0.15) is 0 Å². The van der Waals surface area contributed by atoms with Gasteiger partial charge in [-0.05, 0) is 20.8 Å². The van der Waals surface area contributed by atoms with Crippen LogP contribution < -0.4 is 0 Å². The van der Waals surface area contributed by atoms with Gasteiger partial charge in [-0.25, -0.2) is 0 Å². The van der Waals surface area contributed by atoms with Crippen LogP contribution in [0.3, 0.4) is 0 Å². The van der Waals surface area contributed by atoms with E-state index in [4.69, 9.17) is 18.9 Å². The molecule has 0 amide bonds. The number of hydrogen-bond acceptors (Lipinski definition) is 5. The first-order chi connectivity index (χ1) is 7.51. The highest BCUT2D eigenvalue weighted by Crippen LogP contribution is 2.26. The maximum Gasteiger partial charge on any atom is 0.187 e. The summed E-state index contributed by atoms with van der Waals surface area (Å²) in [7, 11) is 3.10. The van der Waals surface area contributed by atoms with Crippen LogP contribution in [0.1, 0.15) is 20.8 Å². The normalized spacial score (nSPS) is 40.3. The van der Waals surface area contributed by atoms with E-state index in [0.29, 0.717) is 0 Å². The van der Waals surface area contributed by atoms with Crippen molar-refractivity contribution in [3.63, 3.8) is 0 Å². The van der Waals surface area contributed by atoms with Crippen LogP contribution >= 0.6 is 0 Å². The van der Waals surface area contributed by atoms with E-state index in [-0.39, 0.29) is 12.2 Å². The van der Waals surface area contributed by atoms with Gasteiger partial charge in [0.25, 0.3) is 0 Å². The van der Waals surface area contributed by atoms with Gasteiger partial charge < -0.3 is 24.1 Å². The van der Waals surface area contributed by atoms with Crippen molar-refractivity contribution in [3.8, 4) is 0 Å². The Bertz CT molecular complexity index is 209. The molecule has 1 N–H and O–H groups in total. The number of ether oxygens (including phenoxy) is 4. The highest BCUT2D eigenvalue weighted by molar-refractivity contribution is 4.89. The van der Waals surface area contributed by atoms with Gasteiger partial charge in [-0.1, -0.05) is 0 Å². The summed E-state index contributed by atoms with van der Waals surface area (Å²) in [6, 6.07) is 0. The molecule has 5 heteroatoms. The van der Waals surface area contributed by atoms with Crippen molar-refractivity contribution in [1.82, 2.24) is 0 Å². The van der Waals surface area contributed by atoms with Crippen LogP contribution in [0.15, 0.2) is 0 Å².